The van der Waals surface area contributed by atoms with Gasteiger partial charge in [0.25, 0.3) is 5.91 Å². The van der Waals surface area contributed by atoms with Gasteiger partial charge in [-0.1, -0.05) is 161 Å². The summed E-state index contributed by atoms with van der Waals surface area (Å²) in [4.78, 5) is 31.5. The van der Waals surface area contributed by atoms with Gasteiger partial charge in [0, 0.05) is 43.4 Å². The molecule has 0 bridgehead atoms. The van der Waals surface area contributed by atoms with E-state index in [0.717, 1.165) is 45.1 Å². The number of aromatic hydroxyl groups is 1. The Morgan fingerprint density at radius 1 is 0.673 bits per heavy atom. The summed E-state index contributed by atoms with van der Waals surface area (Å²) in [5.41, 5.74) is 1.85. The number of pyridine rings is 1. The number of nitrogens with zero attached hydrogens (tertiary/aromatic N) is 2. The Kier molecular flexibility index (Phi) is 31.7. The van der Waals surface area contributed by atoms with E-state index in [1.165, 1.54) is 135 Å². The minimum atomic E-state index is -0.495. The lowest BCUT2D eigenvalue weighted by Gasteiger charge is -2.24. The second-order valence-corrected chi connectivity index (χ2v) is 15.2. The molecule has 0 unspecified atom stereocenters. The number of carbonyl (C=O) groups is 2. The topological polar surface area (TPSA) is 103 Å². The molecule has 1 amide bonds. The van der Waals surface area contributed by atoms with Gasteiger partial charge in [-0.25, -0.2) is 0 Å². The molecule has 0 spiro atoms. The zero-order chi connectivity index (χ0) is 37.9. The van der Waals surface area contributed by atoms with Gasteiger partial charge in [0.2, 0.25) is 5.78 Å². The molecule has 0 saturated carbocycles. The number of aryl methyl sites for hydroxylation is 1. The van der Waals surface area contributed by atoms with E-state index in [1.54, 1.807) is 13.1 Å². The number of amides is 1. The number of carbonyl (C=O) groups excluding carboxylic acids is 2. The molecular weight excluding hydrogens is 647 g/mol. The summed E-state index contributed by atoms with van der Waals surface area (Å²) in [6.07, 6.45) is 40.5. The third-order valence-electron chi connectivity index (χ3n) is 10.4. The molecule has 52 heavy (non-hydrogen) atoms. The van der Waals surface area contributed by atoms with Crippen molar-refractivity contribution in [2.75, 3.05) is 19.6 Å². The number of rotatable bonds is 37. The van der Waals surface area contributed by atoms with E-state index < -0.39 is 5.91 Å². The fraction of sp³-hybridized carbons (Fsp3) is 0.800. The van der Waals surface area contributed by atoms with Gasteiger partial charge in [0.05, 0.1) is 12.3 Å². The summed E-state index contributed by atoms with van der Waals surface area (Å²) in [5.74, 6) is -0.705. The molecule has 0 saturated heterocycles. The van der Waals surface area contributed by atoms with Gasteiger partial charge in [0.15, 0.2) is 0 Å². The van der Waals surface area contributed by atoms with Crippen molar-refractivity contribution >= 4 is 11.7 Å². The Hall–Kier alpha value is -2.25. The predicted molar refractivity (Wildman–Crippen MR) is 220 cm³/mol. The van der Waals surface area contributed by atoms with Gasteiger partial charge in [-0.15, -0.1) is 0 Å². The predicted octanol–water partition coefficient (Wildman–Crippen LogP) is 11.6. The Labute approximate surface area is 320 Å². The van der Waals surface area contributed by atoms with E-state index in [-0.39, 0.29) is 18.1 Å². The smallest absolute Gasteiger partial charge is 0.287 e. The maximum Gasteiger partial charge on any atom is 0.287 e. The zero-order valence-corrected chi connectivity index (χ0v) is 34.2. The number of hydrogen-bond donors (Lipinski definition) is 3. The molecule has 3 N–H and O–H groups in total. The average Bonchev–Trinajstić information content (AvgIpc) is 3.14. The van der Waals surface area contributed by atoms with Crippen molar-refractivity contribution in [1.29, 1.82) is 0 Å². The molecule has 1 rings (SSSR count). The molecule has 0 fully saturated rings. The van der Waals surface area contributed by atoms with Gasteiger partial charge in [-0.05, 0) is 52.0 Å². The fourth-order valence-electron chi connectivity index (χ4n) is 6.92. The maximum atomic E-state index is 12.6. The molecule has 0 aliphatic carbocycles. The first kappa shape index (κ1) is 47.8. The second-order valence-electron chi connectivity index (χ2n) is 15.2. The summed E-state index contributed by atoms with van der Waals surface area (Å²) in [5, 5.41) is 23.5. The zero-order valence-electron chi connectivity index (χ0n) is 34.2. The third-order valence-corrected chi connectivity index (χ3v) is 10.4. The maximum absolute atomic E-state index is 12.6. The number of hydrogen-bond acceptors (Lipinski definition) is 6. The summed E-state index contributed by atoms with van der Waals surface area (Å²) >= 11 is 0. The Balaban J connectivity index is 2.31. The highest BCUT2D eigenvalue weighted by Gasteiger charge is 2.17. The van der Waals surface area contributed by atoms with Crippen molar-refractivity contribution in [2.24, 2.45) is 0 Å². The molecule has 0 atom stereocenters. The van der Waals surface area contributed by atoms with Crippen molar-refractivity contribution in [1.82, 2.24) is 15.2 Å². The van der Waals surface area contributed by atoms with E-state index in [9.17, 15) is 19.8 Å². The first-order valence-electron chi connectivity index (χ1n) is 21.9. The first-order chi connectivity index (χ1) is 25.4. The van der Waals surface area contributed by atoms with Crippen LogP contribution in [0.5, 0.6) is 5.75 Å². The molecule has 1 aromatic rings. The molecule has 0 aliphatic heterocycles. The highest BCUT2D eigenvalue weighted by Crippen LogP contribution is 2.26. The number of Topliss-reactive ketones (excluding diaryl/α,β-unsaturated/α-hetero) is 1. The van der Waals surface area contributed by atoms with Crippen LogP contribution < -0.4 is 5.32 Å². The van der Waals surface area contributed by atoms with Gasteiger partial charge in [0.1, 0.15) is 5.75 Å². The minimum absolute atomic E-state index is 0.122. The highest BCUT2D eigenvalue weighted by atomic mass is 16.3. The monoisotopic (exact) mass is 728 g/mol. The number of unbranched alkanes of at least 4 members (excludes halogenated alkanes) is 24. The fourth-order valence-corrected chi connectivity index (χ4v) is 6.92. The molecule has 0 aromatic carbocycles. The summed E-state index contributed by atoms with van der Waals surface area (Å²) < 4.78 is 0. The van der Waals surface area contributed by atoms with E-state index in [4.69, 9.17) is 0 Å². The van der Waals surface area contributed by atoms with E-state index in [1.807, 2.05) is 0 Å². The van der Waals surface area contributed by atoms with E-state index in [2.05, 4.69) is 41.2 Å². The van der Waals surface area contributed by atoms with Crippen LogP contribution in [-0.4, -0.2) is 51.4 Å². The largest absolute Gasteiger partial charge is 0.506 e. The second kappa shape index (κ2) is 34.5. The molecule has 7 heteroatoms. The van der Waals surface area contributed by atoms with Crippen LogP contribution in [0, 0.1) is 6.92 Å². The lowest BCUT2D eigenvalue weighted by atomic mass is 10.0. The van der Waals surface area contributed by atoms with Gasteiger partial charge in [-0.2, -0.15) is 0 Å². The summed E-state index contributed by atoms with van der Waals surface area (Å²) in [6.45, 7) is 8.32. The SMILES string of the molecule is CCCCCCCCC=CCCCCCCCC(=O)C(=O)NCCN(CCCCCCCCCCCCCCCC)Cc1c(CO)cnc(C)c1O. The standard InChI is InChI=1S/C45H81N3O4/c1-4-6-8-10-12-14-16-18-20-21-23-25-27-29-31-33-43(50)45(52)46-34-36-48(38-42-41(39-49)37-47-40(3)44(42)51)35-32-30-28-26-24-22-19-17-15-13-11-9-7-5-2/h18,20,37,49,51H,4-17,19,21-36,38-39H2,1-3H3,(H,46,52). The van der Waals surface area contributed by atoms with Crippen LogP contribution in [0.15, 0.2) is 18.3 Å². The van der Waals surface area contributed by atoms with Crippen molar-refractivity contribution in [2.45, 2.75) is 214 Å². The highest BCUT2D eigenvalue weighted by molar-refractivity contribution is 6.36. The van der Waals surface area contributed by atoms with Gasteiger partial charge in [-0.3, -0.25) is 19.5 Å². The molecule has 7 nitrogen and oxygen atoms in total. The molecule has 0 aliphatic rings. The Bertz CT molecular complexity index is 1040. The number of allylic oxidation sites excluding steroid dienone is 2. The van der Waals surface area contributed by atoms with Gasteiger partial charge < -0.3 is 15.5 Å². The lowest BCUT2D eigenvalue weighted by Crippen LogP contribution is -2.38. The Morgan fingerprint density at radius 2 is 1.13 bits per heavy atom. The first-order valence-corrected chi connectivity index (χ1v) is 21.9. The molecule has 1 aromatic heterocycles. The van der Waals surface area contributed by atoms with Crippen LogP contribution >= 0.6 is 0 Å². The molecular formula is C45H81N3O4. The number of nitrogens with one attached hydrogen (secondary N) is 1. The van der Waals surface area contributed by atoms with Crippen molar-refractivity contribution < 1.29 is 19.8 Å². The summed E-state index contributed by atoms with van der Waals surface area (Å²) in [7, 11) is 0. The van der Waals surface area contributed by atoms with Crippen molar-refractivity contribution in [3.05, 3.63) is 35.2 Å². The van der Waals surface area contributed by atoms with Gasteiger partial charge >= 0.3 is 0 Å². The van der Waals surface area contributed by atoms with Crippen LogP contribution in [-0.2, 0) is 22.7 Å². The Morgan fingerprint density at radius 3 is 1.63 bits per heavy atom. The van der Waals surface area contributed by atoms with Crippen LogP contribution in [0.4, 0.5) is 0 Å². The minimum Gasteiger partial charge on any atom is -0.506 e. The molecule has 0 radical (unpaired) electrons. The lowest BCUT2D eigenvalue weighted by molar-refractivity contribution is -0.138. The van der Waals surface area contributed by atoms with Crippen molar-refractivity contribution in [3.63, 3.8) is 0 Å². The van der Waals surface area contributed by atoms with Crippen LogP contribution in [0.3, 0.4) is 0 Å². The van der Waals surface area contributed by atoms with Crippen LogP contribution in [0.2, 0.25) is 0 Å². The van der Waals surface area contributed by atoms with E-state index >= 15 is 0 Å². The number of aromatic nitrogens is 1. The normalized spacial score (nSPS) is 11.6. The van der Waals surface area contributed by atoms with E-state index in [0.29, 0.717) is 42.9 Å². The quantitative estimate of drug-likeness (QED) is 0.0358. The molecule has 300 valence electrons. The number of aliphatic hydroxyl groups excluding tert-OH is 1. The summed E-state index contributed by atoms with van der Waals surface area (Å²) in [6, 6.07) is 0. The third kappa shape index (κ3) is 25.7. The van der Waals surface area contributed by atoms with Crippen LogP contribution in [0.25, 0.3) is 0 Å². The molecule has 1 heterocycles. The van der Waals surface area contributed by atoms with Crippen molar-refractivity contribution in [3.8, 4) is 5.75 Å². The number of ketones is 1. The average molecular weight is 728 g/mol. The van der Waals surface area contributed by atoms with Crippen LogP contribution in [0.1, 0.15) is 210 Å². The number of aliphatic hydroxyl groups is 1.